The van der Waals surface area contributed by atoms with Crippen LogP contribution in [-0.2, 0) is 4.79 Å². The van der Waals surface area contributed by atoms with Crippen LogP contribution in [0.5, 0.6) is 0 Å². The van der Waals surface area contributed by atoms with E-state index in [2.05, 4.69) is 37.5 Å². The van der Waals surface area contributed by atoms with Crippen LogP contribution in [0.25, 0.3) is 5.57 Å². The van der Waals surface area contributed by atoms with Crippen LogP contribution in [0, 0.1) is 0 Å². The van der Waals surface area contributed by atoms with Gasteiger partial charge in [0, 0.05) is 43.1 Å². The number of carbonyl (C=O) groups excluding carboxylic acids is 1. The minimum absolute atomic E-state index is 0.0730. The van der Waals surface area contributed by atoms with Crippen LogP contribution < -0.4 is 14.9 Å². The average Bonchev–Trinajstić information content (AvgIpc) is 2.72. The normalized spacial score (nSPS) is 16.1. The van der Waals surface area contributed by atoms with E-state index in [-0.39, 0.29) is 11.5 Å². The summed E-state index contributed by atoms with van der Waals surface area (Å²) in [5.74, 6) is -0.796. The molecule has 0 N–H and O–H groups in total. The van der Waals surface area contributed by atoms with Crippen molar-refractivity contribution in [2.45, 2.75) is 33.6 Å². The number of nitrogens with zero attached hydrogens (tertiary/aromatic N) is 2. The molecule has 0 saturated heterocycles. The third kappa shape index (κ3) is 3.51. The molecule has 0 aliphatic heterocycles. The number of allylic oxidation sites excluding steroid dienone is 2. The van der Waals surface area contributed by atoms with Gasteiger partial charge in [-0.25, -0.2) is 0 Å². The quantitative estimate of drug-likeness (QED) is 0.702. The molecule has 0 aromatic heterocycles. The fraction of sp³-hybridized carbons (Fsp3) is 0.375. The van der Waals surface area contributed by atoms with Crippen molar-refractivity contribution >= 4 is 22.7 Å². The SMILES string of the molecule is CCN(CC)c1ccc(C2=C([O-])C(c3ccc(N(CC)CC)cc3)C2=O)cc1. The lowest BCUT2D eigenvalue weighted by atomic mass is 9.75. The van der Waals surface area contributed by atoms with Gasteiger partial charge in [0.2, 0.25) is 0 Å². The van der Waals surface area contributed by atoms with E-state index in [1.807, 2.05) is 48.5 Å². The Morgan fingerprint density at radius 2 is 1.18 bits per heavy atom. The number of ketones is 1. The zero-order chi connectivity index (χ0) is 20.3. The molecular weight excluding hydrogens is 348 g/mol. The van der Waals surface area contributed by atoms with Crippen molar-refractivity contribution < 1.29 is 9.90 Å². The highest BCUT2D eigenvalue weighted by Gasteiger charge is 2.35. The van der Waals surface area contributed by atoms with Gasteiger partial charge in [0.15, 0.2) is 5.78 Å². The van der Waals surface area contributed by atoms with Crippen molar-refractivity contribution in [1.82, 2.24) is 0 Å². The zero-order valence-corrected chi connectivity index (χ0v) is 17.2. The summed E-state index contributed by atoms with van der Waals surface area (Å²) >= 11 is 0. The molecule has 3 rings (SSSR count). The van der Waals surface area contributed by atoms with Gasteiger partial charge in [-0.1, -0.05) is 24.3 Å². The topological polar surface area (TPSA) is 46.6 Å². The molecule has 4 nitrogen and oxygen atoms in total. The summed E-state index contributed by atoms with van der Waals surface area (Å²) in [5, 5.41) is 12.8. The summed E-state index contributed by atoms with van der Waals surface area (Å²) in [7, 11) is 0. The second-order valence-corrected chi connectivity index (χ2v) is 7.02. The molecule has 1 unspecified atom stereocenters. The van der Waals surface area contributed by atoms with Crippen LogP contribution in [0.1, 0.15) is 44.7 Å². The molecule has 0 radical (unpaired) electrons. The second kappa shape index (κ2) is 8.51. The Labute approximate surface area is 168 Å². The highest BCUT2D eigenvalue weighted by Crippen LogP contribution is 2.42. The van der Waals surface area contributed by atoms with E-state index in [1.54, 1.807) is 0 Å². The molecule has 0 bridgehead atoms. The van der Waals surface area contributed by atoms with Crippen LogP contribution >= 0.6 is 0 Å². The first-order valence-electron chi connectivity index (χ1n) is 10.2. The number of Topliss-reactive ketones (excluding diaryl/α,β-unsaturated/α-hetero) is 1. The molecule has 1 atom stereocenters. The summed E-state index contributed by atoms with van der Waals surface area (Å²) in [6, 6.07) is 15.6. The van der Waals surface area contributed by atoms with Crippen molar-refractivity contribution in [1.29, 1.82) is 0 Å². The van der Waals surface area contributed by atoms with Gasteiger partial charge in [0.25, 0.3) is 0 Å². The fourth-order valence-electron chi connectivity index (χ4n) is 3.93. The molecule has 0 amide bonds. The van der Waals surface area contributed by atoms with Crippen LogP contribution in [-0.4, -0.2) is 32.0 Å². The Hall–Kier alpha value is -2.75. The highest BCUT2D eigenvalue weighted by molar-refractivity contribution is 6.31. The predicted molar refractivity (Wildman–Crippen MR) is 115 cm³/mol. The van der Waals surface area contributed by atoms with E-state index in [9.17, 15) is 9.90 Å². The van der Waals surface area contributed by atoms with Gasteiger partial charge in [0.1, 0.15) is 0 Å². The standard InChI is InChI=1S/C24H30N2O2/c1-5-25(6-2)19-13-9-17(10-14-19)21-23(27)22(24(21)28)18-11-15-20(16-12-18)26(7-3)8-4/h9-16,21,27H,5-8H2,1-4H3/p-1. The monoisotopic (exact) mass is 377 g/mol. The number of anilines is 2. The molecule has 1 aliphatic carbocycles. The predicted octanol–water partition coefficient (Wildman–Crippen LogP) is 3.82. The summed E-state index contributed by atoms with van der Waals surface area (Å²) in [5.41, 5.74) is 4.07. The Bertz CT molecular complexity index is 845. The van der Waals surface area contributed by atoms with E-state index < -0.39 is 5.92 Å². The number of hydrogen-bond donors (Lipinski definition) is 0. The van der Waals surface area contributed by atoms with Gasteiger partial charge in [-0.2, -0.15) is 0 Å². The Morgan fingerprint density at radius 3 is 1.57 bits per heavy atom. The maximum absolute atomic E-state index is 12.8. The summed E-state index contributed by atoms with van der Waals surface area (Å²) < 4.78 is 0. The number of rotatable bonds is 8. The van der Waals surface area contributed by atoms with Gasteiger partial charge in [-0.3, -0.25) is 4.79 Å². The summed E-state index contributed by atoms with van der Waals surface area (Å²) in [4.78, 5) is 17.2. The first-order chi connectivity index (χ1) is 13.5. The van der Waals surface area contributed by atoms with Crippen molar-refractivity contribution in [3.8, 4) is 0 Å². The second-order valence-electron chi connectivity index (χ2n) is 7.02. The molecule has 0 spiro atoms. The lowest BCUT2D eigenvalue weighted by Crippen LogP contribution is -2.35. The van der Waals surface area contributed by atoms with E-state index in [4.69, 9.17) is 0 Å². The maximum atomic E-state index is 12.8. The molecule has 1 aliphatic rings. The third-order valence-corrected chi connectivity index (χ3v) is 5.66. The minimum atomic E-state index is -0.650. The van der Waals surface area contributed by atoms with Crippen LogP contribution in [0.15, 0.2) is 54.3 Å². The van der Waals surface area contributed by atoms with Crippen LogP contribution in [0.4, 0.5) is 11.4 Å². The first-order valence-corrected chi connectivity index (χ1v) is 10.2. The number of hydrogen-bond acceptors (Lipinski definition) is 4. The molecule has 2 aromatic carbocycles. The van der Waals surface area contributed by atoms with Gasteiger partial charge >= 0.3 is 0 Å². The fourth-order valence-corrected chi connectivity index (χ4v) is 3.93. The first kappa shape index (κ1) is 20.0. The molecule has 28 heavy (non-hydrogen) atoms. The van der Waals surface area contributed by atoms with E-state index in [0.717, 1.165) is 48.7 Å². The van der Waals surface area contributed by atoms with Gasteiger partial charge in [-0.05, 0) is 63.1 Å². The lowest BCUT2D eigenvalue weighted by molar-refractivity contribution is -0.310. The molecule has 0 saturated carbocycles. The van der Waals surface area contributed by atoms with E-state index in [1.165, 1.54) is 0 Å². The zero-order valence-electron chi connectivity index (χ0n) is 17.2. The molecular formula is C24H29N2O2-. The Balaban J connectivity index is 1.82. The molecule has 0 fully saturated rings. The summed E-state index contributed by atoms with van der Waals surface area (Å²) in [6.07, 6.45) is 0. The smallest absolute Gasteiger partial charge is 0.173 e. The van der Waals surface area contributed by atoms with Crippen molar-refractivity contribution in [3.63, 3.8) is 0 Å². The van der Waals surface area contributed by atoms with Crippen molar-refractivity contribution in [3.05, 3.63) is 65.4 Å². The highest BCUT2D eigenvalue weighted by atomic mass is 16.3. The van der Waals surface area contributed by atoms with Crippen molar-refractivity contribution in [2.75, 3.05) is 36.0 Å². The van der Waals surface area contributed by atoms with Crippen LogP contribution in [0.3, 0.4) is 0 Å². The average molecular weight is 378 g/mol. The molecule has 0 heterocycles. The lowest BCUT2D eigenvalue weighted by Gasteiger charge is -2.37. The largest absolute Gasteiger partial charge is 0.874 e. The number of benzene rings is 2. The van der Waals surface area contributed by atoms with Crippen LogP contribution in [0.2, 0.25) is 0 Å². The minimum Gasteiger partial charge on any atom is -0.874 e. The van der Waals surface area contributed by atoms with Gasteiger partial charge < -0.3 is 14.9 Å². The van der Waals surface area contributed by atoms with Gasteiger partial charge in [0.05, 0.1) is 5.92 Å². The Kier molecular flexibility index (Phi) is 6.08. The van der Waals surface area contributed by atoms with E-state index in [0.29, 0.717) is 5.57 Å². The molecule has 4 heteroatoms. The summed E-state index contributed by atoms with van der Waals surface area (Å²) in [6.45, 7) is 12.2. The third-order valence-electron chi connectivity index (χ3n) is 5.66. The Morgan fingerprint density at radius 1 is 0.750 bits per heavy atom. The maximum Gasteiger partial charge on any atom is 0.173 e. The van der Waals surface area contributed by atoms with E-state index >= 15 is 0 Å². The van der Waals surface area contributed by atoms with Crippen molar-refractivity contribution in [2.24, 2.45) is 0 Å². The number of carbonyl (C=O) groups is 1. The molecule has 148 valence electrons. The van der Waals surface area contributed by atoms with Gasteiger partial charge in [-0.15, -0.1) is 5.76 Å². The molecule has 2 aromatic rings.